The Kier molecular flexibility index (Phi) is 7.11. The summed E-state index contributed by atoms with van der Waals surface area (Å²) < 4.78 is 13.4. The predicted octanol–water partition coefficient (Wildman–Crippen LogP) is 5.24. The summed E-state index contributed by atoms with van der Waals surface area (Å²) in [6.07, 6.45) is 3.50. The largest absolute Gasteiger partial charge is 0.444 e. The molecule has 8 nitrogen and oxygen atoms in total. The van der Waals surface area contributed by atoms with Crippen molar-refractivity contribution in [3.63, 3.8) is 0 Å². The molecule has 1 aliphatic rings. The van der Waals surface area contributed by atoms with Crippen molar-refractivity contribution in [3.8, 4) is 0 Å². The summed E-state index contributed by atoms with van der Waals surface area (Å²) in [6.45, 7) is 14.1. The Morgan fingerprint density at radius 1 is 1.26 bits per heavy atom. The maximum Gasteiger partial charge on any atom is 0.410 e. The Labute approximate surface area is 210 Å². The van der Waals surface area contributed by atoms with Gasteiger partial charge in [-0.05, 0) is 56.7 Å². The molecular weight excluding hydrogens is 464 g/mol. The van der Waals surface area contributed by atoms with Crippen molar-refractivity contribution in [1.82, 2.24) is 19.6 Å². The Morgan fingerprint density at radius 3 is 2.69 bits per heavy atom. The molecule has 1 N–H and O–H groups in total. The molecule has 1 atom stereocenters. The van der Waals surface area contributed by atoms with Crippen LogP contribution in [0.1, 0.15) is 69.6 Å². The van der Waals surface area contributed by atoms with Crippen LogP contribution in [0.4, 0.5) is 4.79 Å². The molecule has 4 rings (SSSR count). The van der Waals surface area contributed by atoms with E-state index in [0.29, 0.717) is 24.5 Å². The molecule has 1 fully saturated rings. The molecule has 0 bridgehead atoms. The van der Waals surface area contributed by atoms with E-state index in [1.54, 1.807) is 4.90 Å². The number of amides is 2. The zero-order valence-electron chi connectivity index (χ0n) is 21.5. The number of benzene rings is 1. The minimum absolute atomic E-state index is 0.0211. The fraction of sp³-hybridized carbons (Fsp3) is 0.577. The minimum Gasteiger partial charge on any atom is -0.444 e. The predicted molar refractivity (Wildman–Crippen MR) is 138 cm³/mol. The maximum atomic E-state index is 12.9. The van der Waals surface area contributed by atoms with E-state index in [-0.39, 0.29) is 23.5 Å². The number of imidazole rings is 1. The average Bonchev–Trinajstić information content (AvgIpc) is 3.46. The summed E-state index contributed by atoms with van der Waals surface area (Å²) >= 11 is 1.37. The monoisotopic (exact) mass is 500 g/mol. The number of hydrogen-bond acceptors (Lipinski definition) is 6. The lowest BCUT2D eigenvalue weighted by Gasteiger charge is -2.29. The smallest absolute Gasteiger partial charge is 0.410 e. The Hall–Kier alpha value is -2.65. The first-order valence-electron chi connectivity index (χ1n) is 12.2. The van der Waals surface area contributed by atoms with Gasteiger partial charge in [0.1, 0.15) is 10.5 Å². The van der Waals surface area contributed by atoms with E-state index in [1.807, 2.05) is 49.6 Å². The molecule has 0 spiro atoms. The topological polar surface area (TPSA) is 85.2 Å². The van der Waals surface area contributed by atoms with Crippen LogP contribution in [0.2, 0.25) is 0 Å². The minimum atomic E-state index is -0.569. The van der Waals surface area contributed by atoms with Crippen LogP contribution >= 0.6 is 11.3 Å². The summed E-state index contributed by atoms with van der Waals surface area (Å²) in [5, 5.41) is 3.00. The molecular formula is C26H36N4O4S. The molecule has 2 amide bonds. The second-order valence-corrected chi connectivity index (χ2v) is 12.4. The molecule has 0 radical (unpaired) electrons. The van der Waals surface area contributed by atoms with Crippen molar-refractivity contribution < 1.29 is 19.1 Å². The third-order valence-electron chi connectivity index (χ3n) is 5.65. The van der Waals surface area contributed by atoms with Crippen LogP contribution < -0.4 is 5.32 Å². The molecule has 1 unspecified atom stereocenters. The summed E-state index contributed by atoms with van der Waals surface area (Å²) in [5.41, 5.74) is 2.18. The first-order chi connectivity index (χ1) is 16.4. The van der Waals surface area contributed by atoms with E-state index in [1.165, 1.54) is 11.3 Å². The number of hydrogen-bond donors (Lipinski definition) is 1. The summed E-state index contributed by atoms with van der Waals surface area (Å²) in [4.78, 5) is 33.4. The highest BCUT2D eigenvalue weighted by Crippen LogP contribution is 2.26. The molecule has 9 heteroatoms. The van der Waals surface area contributed by atoms with E-state index in [9.17, 15) is 9.59 Å². The van der Waals surface area contributed by atoms with E-state index in [4.69, 9.17) is 14.5 Å². The number of thiazole rings is 1. The number of ether oxygens (including phenoxy) is 2. The van der Waals surface area contributed by atoms with Gasteiger partial charge in [-0.3, -0.25) is 9.20 Å². The summed E-state index contributed by atoms with van der Waals surface area (Å²) in [6, 6.07) is 6.00. The fourth-order valence-electron chi connectivity index (χ4n) is 3.98. The van der Waals surface area contributed by atoms with Crippen molar-refractivity contribution in [1.29, 1.82) is 0 Å². The zero-order valence-corrected chi connectivity index (χ0v) is 22.3. The second kappa shape index (κ2) is 9.78. The van der Waals surface area contributed by atoms with Crippen molar-refractivity contribution >= 4 is 39.3 Å². The molecule has 35 heavy (non-hydrogen) atoms. The third-order valence-corrected chi connectivity index (χ3v) is 6.63. The van der Waals surface area contributed by atoms with Crippen LogP contribution in [0.5, 0.6) is 0 Å². The van der Waals surface area contributed by atoms with Gasteiger partial charge in [0.2, 0.25) is 0 Å². The van der Waals surface area contributed by atoms with E-state index in [2.05, 4.69) is 26.1 Å². The highest BCUT2D eigenvalue weighted by atomic mass is 32.1. The quantitative estimate of drug-likeness (QED) is 0.500. The number of aromatic nitrogens is 2. The van der Waals surface area contributed by atoms with Gasteiger partial charge >= 0.3 is 6.09 Å². The molecule has 1 aromatic carbocycles. The number of carbonyl (C=O) groups excluding carboxylic acids is 2. The molecule has 3 heterocycles. The van der Waals surface area contributed by atoms with Gasteiger partial charge in [-0.2, -0.15) is 0 Å². The lowest BCUT2D eigenvalue weighted by Crippen LogP contribution is -2.40. The van der Waals surface area contributed by atoms with Gasteiger partial charge in [-0.1, -0.05) is 38.2 Å². The van der Waals surface area contributed by atoms with Gasteiger partial charge in [-0.15, -0.1) is 0 Å². The summed E-state index contributed by atoms with van der Waals surface area (Å²) in [5.74, 6) is -0.0812. The van der Waals surface area contributed by atoms with Crippen molar-refractivity contribution in [2.75, 3.05) is 19.7 Å². The van der Waals surface area contributed by atoms with Gasteiger partial charge in [0, 0.05) is 25.9 Å². The zero-order chi connectivity index (χ0) is 25.4. The molecule has 1 saturated heterocycles. The first-order valence-corrected chi connectivity index (χ1v) is 13.0. The van der Waals surface area contributed by atoms with Gasteiger partial charge in [0.05, 0.1) is 23.7 Å². The third kappa shape index (κ3) is 6.52. The van der Waals surface area contributed by atoms with Gasteiger partial charge in [0.15, 0.2) is 4.96 Å². The number of nitrogens with zero attached hydrogens (tertiary/aromatic N) is 3. The first kappa shape index (κ1) is 25.4. The molecule has 2 aromatic heterocycles. The number of nitrogens with one attached hydrogen (secondary N) is 1. The number of carbonyl (C=O) groups is 2. The Bertz CT molecular complexity index is 1210. The fourth-order valence-corrected chi connectivity index (χ4v) is 4.89. The highest BCUT2D eigenvalue weighted by Gasteiger charge is 2.27. The lowest BCUT2D eigenvalue weighted by atomic mass is 9.97. The van der Waals surface area contributed by atoms with E-state index < -0.39 is 5.60 Å². The van der Waals surface area contributed by atoms with E-state index in [0.717, 1.165) is 41.0 Å². The number of fused-ring (bicyclic) bond motifs is 3. The van der Waals surface area contributed by atoms with Gasteiger partial charge < -0.3 is 19.7 Å². The molecule has 190 valence electrons. The standard InChI is InChI=1S/C26H36N4O4S/c1-25(2,3)16-27-22(31)21-15-30-20-10-9-17(12-19(20)28-23(30)35-21)13-29(14-18-8-7-11-33-18)24(32)34-26(4,5)6/h9-10,12,15,18H,7-8,11,13-14,16H2,1-6H3,(H,27,31). The van der Waals surface area contributed by atoms with Crippen LogP contribution in [-0.2, 0) is 16.0 Å². The van der Waals surface area contributed by atoms with Crippen LogP contribution in [0.15, 0.2) is 24.4 Å². The maximum absolute atomic E-state index is 12.9. The van der Waals surface area contributed by atoms with Crippen LogP contribution in [-0.4, -0.2) is 57.7 Å². The lowest BCUT2D eigenvalue weighted by molar-refractivity contribution is 0.00860. The molecule has 3 aromatic rings. The van der Waals surface area contributed by atoms with Crippen LogP contribution in [0, 0.1) is 5.41 Å². The normalized spacial score (nSPS) is 16.7. The van der Waals surface area contributed by atoms with Crippen molar-refractivity contribution in [2.45, 2.75) is 72.6 Å². The average molecular weight is 501 g/mol. The van der Waals surface area contributed by atoms with Crippen LogP contribution in [0.25, 0.3) is 16.0 Å². The Balaban J connectivity index is 1.53. The molecule has 1 aliphatic heterocycles. The van der Waals surface area contributed by atoms with E-state index >= 15 is 0 Å². The van der Waals surface area contributed by atoms with Crippen molar-refractivity contribution in [3.05, 3.63) is 34.8 Å². The van der Waals surface area contributed by atoms with Gasteiger partial charge in [-0.25, -0.2) is 9.78 Å². The molecule has 0 saturated carbocycles. The SMILES string of the molecule is CC(C)(C)CNC(=O)c1cn2c(nc3cc(CN(CC4CCCO4)C(=O)OC(C)(C)C)ccc32)s1. The number of rotatable bonds is 6. The Morgan fingerprint density at radius 2 is 2.03 bits per heavy atom. The highest BCUT2D eigenvalue weighted by molar-refractivity contribution is 7.19. The van der Waals surface area contributed by atoms with Crippen molar-refractivity contribution in [2.24, 2.45) is 5.41 Å². The second-order valence-electron chi connectivity index (χ2n) is 11.4. The van der Waals surface area contributed by atoms with Gasteiger partial charge in [0.25, 0.3) is 5.91 Å². The molecule has 0 aliphatic carbocycles. The van der Waals surface area contributed by atoms with Crippen LogP contribution in [0.3, 0.4) is 0 Å². The summed E-state index contributed by atoms with van der Waals surface area (Å²) in [7, 11) is 0.